The maximum absolute atomic E-state index is 13.0. The molecule has 0 bridgehead atoms. The van der Waals surface area contributed by atoms with Gasteiger partial charge in [-0.1, -0.05) is 40.9 Å². The first-order chi connectivity index (χ1) is 11.8. The van der Waals surface area contributed by atoms with Crippen LogP contribution < -0.4 is 0 Å². The standard InChI is InChI=1S/C21H25ClN2O/c1-14-9-15(2)11-18(10-14)21(25)24-8-7-23(4)20(13-24)17-5-6-19(22)16(3)12-17/h5-6,9-12,20H,7-8,13H2,1-4H3/t20-/m0/s1. The van der Waals surface area contributed by atoms with Crippen molar-refractivity contribution >= 4 is 17.5 Å². The van der Waals surface area contributed by atoms with Crippen molar-refractivity contribution < 1.29 is 4.79 Å². The Morgan fingerprint density at radius 3 is 2.36 bits per heavy atom. The van der Waals surface area contributed by atoms with E-state index in [1.165, 1.54) is 5.56 Å². The van der Waals surface area contributed by atoms with E-state index in [4.69, 9.17) is 11.6 Å². The molecule has 0 saturated carbocycles. The van der Waals surface area contributed by atoms with E-state index in [1.54, 1.807) is 0 Å². The molecule has 0 N–H and O–H groups in total. The number of rotatable bonds is 2. The van der Waals surface area contributed by atoms with Gasteiger partial charge in [-0.15, -0.1) is 0 Å². The highest BCUT2D eigenvalue weighted by atomic mass is 35.5. The van der Waals surface area contributed by atoms with Gasteiger partial charge in [0, 0.05) is 30.2 Å². The van der Waals surface area contributed by atoms with E-state index < -0.39 is 0 Å². The molecule has 1 amide bonds. The number of nitrogens with zero attached hydrogens (tertiary/aromatic N) is 2. The lowest BCUT2D eigenvalue weighted by atomic mass is 10.00. The van der Waals surface area contributed by atoms with E-state index in [0.717, 1.165) is 40.4 Å². The second-order valence-electron chi connectivity index (χ2n) is 7.13. The van der Waals surface area contributed by atoms with Gasteiger partial charge in [0.05, 0.1) is 6.04 Å². The molecule has 0 aromatic heterocycles. The van der Waals surface area contributed by atoms with Crippen LogP contribution in [0.4, 0.5) is 0 Å². The minimum absolute atomic E-state index is 0.121. The van der Waals surface area contributed by atoms with Crippen molar-refractivity contribution in [3.63, 3.8) is 0 Å². The molecule has 0 spiro atoms. The molecule has 0 aliphatic carbocycles. The normalized spacial score (nSPS) is 18.4. The number of likely N-dealkylation sites (N-methyl/N-ethyl adjacent to an activating group) is 1. The zero-order valence-corrected chi connectivity index (χ0v) is 16.1. The number of aryl methyl sites for hydroxylation is 3. The van der Waals surface area contributed by atoms with Crippen LogP contribution in [0.5, 0.6) is 0 Å². The second kappa shape index (κ2) is 7.19. The Kier molecular flexibility index (Phi) is 5.16. The molecule has 2 aromatic carbocycles. The molecular formula is C21H25ClN2O. The Hall–Kier alpha value is -1.84. The quantitative estimate of drug-likeness (QED) is 0.796. The van der Waals surface area contributed by atoms with Gasteiger partial charge >= 0.3 is 0 Å². The molecule has 2 aromatic rings. The highest BCUT2D eigenvalue weighted by molar-refractivity contribution is 6.31. The maximum atomic E-state index is 13.0. The van der Waals surface area contributed by atoms with Crippen LogP contribution in [0.3, 0.4) is 0 Å². The molecule has 1 atom stereocenters. The molecule has 1 aliphatic rings. The van der Waals surface area contributed by atoms with Crippen LogP contribution in [-0.2, 0) is 0 Å². The lowest BCUT2D eigenvalue weighted by molar-refractivity contribution is 0.0546. The molecule has 0 unspecified atom stereocenters. The minimum atomic E-state index is 0.121. The lowest BCUT2D eigenvalue weighted by Gasteiger charge is -2.40. The van der Waals surface area contributed by atoms with Crippen LogP contribution >= 0.6 is 11.6 Å². The first kappa shape index (κ1) is 18.0. The summed E-state index contributed by atoms with van der Waals surface area (Å²) in [5.41, 5.74) is 5.32. The van der Waals surface area contributed by atoms with E-state index in [1.807, 2.05) is 43.9 Å². The fourth-order valence-corrected chi connectivity index (χ4v) is 3.69. The summed E-state index contributed by atoms with van der Waals surface area (Å²) in [5, 5.41) is 0.783. The van der Waals surface area contributed by atoms with E-state index >= 15 is 0 Å². The van der Waals surface area contributed by atoms with E-state index in [0.29, 0.717) is 6.54 Å². The van der Waals surface area contributed by atoms with Crippen LogP contribution in [0.25, 0.3) is 0 Å². The summed E-state index contributed by atoms with van der Waals surface area (Å²) in [6, 6.07) is 12.4. The Morgan fingerprint density at radius 2 is 1.72 bits per heavy atom. The number of hydrogen-bond acceptors (Lipinski definition) is 2. The van der Waals surface area contributed by atoms with Gasteiger partial charge in [0.2, 0.25) is 0 Å². The van der Waals surface area contributed by atoms with E-state index in [2.05, 4.69) is 30.1 Å². The minimum Gasteiger partial charge on any atom is -0.335 e. The smallest absolute Gasteiger partial charge is 0.253 e. The van der Waals surface area contributed by atoms with Gasteiger partial charge in [0.1, 0.15) is 0 Å². The molecule has 1 saturated heterocycles. The lowest BCUT2D eigenvalue weighted by Crippen LogP contribution is -2.49. The van der Waals surface area contributed by atoms with Crippen molar-refractivity contribution in [2.75, 3.05) is 26.7 Å². The van der Waals surface area contributed by atoms with Crippen LogP contribution in [0.1, 0.15) is 38.7 Å². The third kappa shape index (κ3) is 3.88. The predicted octanol–water partition coefficient (Wildman–Crippen LogP) is 4.39. The summed E-state index contributed by atoms with van der Waals surface area (Å²) in [4.78, 5) is 17.3. The average Bonchev–Trinajstić information content (AvgIpc) is 2.56. The van der Waals surface area contributed by atoms with Crippen LogP contribution in [-0.4, -0.2) is 42.4 Å². The topological polar surface area (TPSA) is 23.6 Å². The number of benzene rings is 2. The monoisotopic (exact) mass is 356 g/mol. The van der Waals surface area contributed by atoms with Gasteiger partial charge in [-0.2, -0.15) is 0 Å². The van der Waals surface area contributed by atoms with Crippen LogP contribution in [0, 0.1) is 20.8 Å². The Bertz CT molecular complexity index is 782. The highest BCUT2D eigenvalue weighted by Crippen LogP contribution is 2.28. The Morgan fingerprint density at radius 1 is 1.04 bits per heavy atom. The molecule has 1 heterocycles. The number of hydrogen-bond donors (Lipinski definition) is 0. The zero-order valence-electron chi connectivity index (χ0n) is 15.3. The molecule has 0 radical (unpaired) electrons. The SMILES string of the molecule is Cc1cc(C)cc(C(=O)N2CCN(C)[C@H](c3ccc(Cl)c(C)c3)C2)c1. The maximum Gasteiger partial charge on any atom is 0.253 e. The second-order valence-corrected chi connectivity index (χ2v) is 7.54. The number of piperazine rings is 1. The zero-order chi connectivity index (χ0) is 18.1. The summed E-state index contributed by atoms with van der Waals surface area (Å²) in [6.45, 7) is 8.41. The number of halogens is 1. The fourth-order valence-electron chi connectivity index (χ4n) is 3.57. The molecule has 4 heteroatoms. The number of carbonyl (C=O) groups excluding carboxylic acids is 1. The van der Waals surface area contributed by atoms with Gasteiger partial charge in [-0.3, -0.25) is 9.69 Å². The van der Waals surface area contributed by atoms with Crippen molar-refractivity contribution in [2.24, 2.45) is 0 Å². The third-order valence-electron chi connectivity index (χ3n) is 4.97. The first-order valence-corrected chi connectivity index (χ1v) is 9.07. The van der Waals surface area contributed by atoms with Gasteiger partial charge in [0.25, 0.3) is 5.91 Å². The van der Waals surface area contributed by atoms with Crippen molar-refractivity contribution in [1.82, 2.24) is 9.80 Å². The van der Waals surface area contributed by atoms with Crippen molar-refractivity contribution in [3.05, 3.63) is 69.2 Å². The Labute approximate surface area is 155 Å². The number of carbonyl (C=O) groups is 1. The van der Waals surface area contributed by atoms with E-state index in [-0.39, 0.29) is 11.9 Å². The molecular weight excluding hydrogens is 332 g/mol. The summed E-state index contributed by atoms with van der Waals surface area (Å²) in [7, 11) is 2.12. The fraction of sp³-hybridized carbons (Fsp3) is 0.381. The summed E-state index contributed by atoms with van der Waals surface area (Å²) in [6.07, 6.45) is 0. The predicted molar refractivity (Wildman–Crippen MR) is 103 cm³/mol. The average molecular weight is 357 g/mol. The third-order valence-corrected chi connectivity index (χ3v) is 5.39. The first-order valence-electron chi connectivity index (χ1n) is 8.69. The largest absolute Gasteiger partial charge is 0.335 e. The number of amides is 1. The molecule has 3 rings (SSSR count). The van der Waals surface area contributed by atoms with E-state index in [9.17, 15) is 4.79 Å². The van der Waals surface area contributed by atoms with Crippen molar-refractivity contribution in [3.8, 4) is 0 Å². The van der Waals surface area contributed by atoms with Crippen LogP contribution in [0.2, 0.25) is 5.02 Å². The van der Waals surface area contributed by atoms with Crippen LogP contribution in [0.15, 0.2) is 36.4 Å². The van der Waals surface area contributed by atoms with Gasteiger partial charge in [-0.25, -0.2) is 0 Å². The summed E-state index contributed by atoms with van der Waals surface area (Å²) >= 11 is 6.17. The molecule has 3 nitrogen and oxygen atoms in total. The molecule has 132 valence electrons. The molecule has 25 heavy (non-hydrogen) atoms. The van der Waals surface area contributed by atoms with Crippen molar-refractivity contribution in [2.45, 2.75) is 26.8 Å². The summed E-state index contributed by atoms with van der Waals surface area (Å²) < 4.78 is 0. The van der Waals surface area contributed by atoms with Gasteiger partial charge in [-0.05, 0) is 57.1 Å². The van der Waals surface area contributed by atoms with Crippen molar-refractivity contribution in [1.29, 1.82) is 0 Å². The molecule has 1 fully saturated rings. The van der Waals surface area contributed by atoms with Gasteiger partial charge in [0.15, 0.2) is 0 Å². The van der Waals surface area contributed by atoms with Gasteiger partial charge < -0.3 is 4.90 Å². The molecule has 1 aliphatic heterocycles. The Balaban J connectivity index is 1.84. The summed E-state index contributed by atoms with van der Waals surface area (Å²) in [5.74, 6) is 0.121. The highest BCUT2D eigenvalue weighted by Gasteiger charge is 2.29.